The van der Waals surface area contributed by atoms with E-state index in [4.69, 9.17) is 0 Å². The van der Waals surface area contributed by atoms with Crippen molar-refractivity contribution >= 4 is 78.0 Å². The third-order valence-corrected chi connectivity index (χ3v) is 15.0. The van der Waals surface area contributed by atoms with Crippen LogP contribution in [0.15, 0.2) is 84.9 Å². The maximum absolute atomic E-state index is 2.66. The lowest BCUT2D eigenvalue weighted by Crippen LogP contribution is -2.60. The Morgan fingerprint density at radius 2 is 1.12 bits per heavy atom. The van der Waals surface area contributed by atoms with Crippen molar-refractivity contribution in [3.63, 3.8) is 0 Å². The SMILES string of the molecule is Cc1cc(N2c3cc(C)cc4c3B(c3cc(C(C)(C)C)ccc3N4c3ccc4c(c3)C(C)(C)CCC4(C)C)c3sc4cc(C(C)(C)C)ccc4c32)cc(C(C)(C)C)c1. The van der Waals surface area contributed by atoms with E-state index in [-0.39, 0.29) is 33.8 Å². The molecule has 0 bridgehead atoms. The van der Waals surface area contributed by atoms with Crippen LogP contribution in [-0.4, -0.2) is 6.71 Å². The average molecular weight is 783 g/mol. The summed E-state index contributed by atoms with van der Waals surface area (Å²) in [5, 5.41) is 1.34. The third kappa shape index (κ3) is 6.10. The zero-order chi connectivity index (χ0) is 41.6. The smallest absolute Gasteiger partial charge is 0.264 e. The van der Waals surface area contributed by atoms with Crippen molar-refractivity contribution in [1.82, 2.24) is 0 Å². The highest BCUT2D eigenvalue weighted by Gasteiger charge is 2.46. The Morgan fingerprint density at radius 3 is 1.78 bits per heavy atom. The van der Waals surface area contributed by atoms with Crippen LogP contribution in [0.4, 0.5) is 34.1 Å². The minimum absolute atomic E-state index is 0.00783. The number of hydrogen-bond donors (Lipinski definition) is 0. The molecular formula is C54H63BN2S. The molecule has 0 spiro atoms. The van der Waals surface area contributed by atoms with E-state index in [1.807, 2.05) is 11.3 Å². The monoisotopic (exact) mass is 782 g/mol. The molecule has 0 fully saturated rings. The number of benzene rings is 5. The Kier molecular flexibility index (Phi) is 8.53. The Labute approximate surface area is 353 Å². The second-order valence-corrected chi connectivity index (χ2v) is 23.5. The predicted octanol–water partition coefficient (Wildman–Crippen LogP) is 13.8. The Balaban J connectivity index is 1.40. The van der Waals surface area contributed by atoms with Gasteiger partial charge in [-0.25, -0.2) is 0 Å². The number of aryl methyl sites for hydroxylation is 2. The fourth-order valence-corrected chi connectivity index (χ4v) is 11.5. The van der Waals surface area contributed by atoms with Gasteiger partial charge in [-0.3, -0.25) is 0 Å². The second kappa shape index (κ2) is 12.6. The van der Waals surface area contributed by atoms with Crippen LogP contribution < -0.4 is 25.5 Å². The van der Waals surface area contributed by atoms with Gasteiger partial charge in [0, 0.05) is 43.3 Å². The Bertz CT molecular complexity index is 2670. The molecular weight excluding hydrogens is 719 g/mol. The van der Waals surface area contributed by atoms with Gasteiger partial charge in [-0.2, -0.15) is 0 Å². The molecule has 1 aliphatic carbocycles. The largest absolute Gasteiger partial charge is 0.311 e. The zero-order valence-corrected chi connectivity index (χ0v) is 38.7. The molecule has 0 amide bonds. The number of hydrogen-bond acceptors (Lipinski definition) is 3. The van der Waals surface area contributed by atoms with Gasteiger partial charge in [0.1, 0.15) is 0 Å². The number of fused-ring (bicyclic) bond motifs is 7. The highest BCUT2D eigenvalue weighted by atomic mass is 32.1. The maximum atomic E-state index is 2.66. The highest BCUT2D eigenvalue weighted by Crippen LogP contribution is 2.52. The standard InChI is InChI=1S/C54H63BN2S/c1-32-24-36(52(9,10)11)28-38(25-32)57-45-27-33(2)26-44-47(45)55(49-48(57)39-19-16-35(51(6,7)8)30-46(39)58-49)42-29-34(50(3,4)5)17-21-43(42)56(44)37-18-20-40-41(31-37)54(14,15)23-22-53(40,12)13/h16-21,24-31H,22-23H2,1-15H3. The normalized spacial score (nSPS) is 16.9. The topological polar surface area (TPSA) is 6.48 Å². The van der Waals surface area contributed by atoms with E-state index >= 15 is 0 Å². The third-order valence-electron chi connectivity index (χ3n) is 13.8. The molecule has 5 aromatic carbocycles. The molecule has 2 nitrogen and oxygen atoms in total. The first-order chi connectivity index (χ1) is 26.9. The summed E-state index contributed by atoms with van der Waals surface area (Å²) >= 11 is 2.02. The quantitative estimate of drug-likeness (QED) is 0.161. The fraction of sp³-hybridized carbons (Fsp3) is 0.407. The van der Waals surface area contributed by atoms with Crippen LogP contribution in [-0.2, 0) is 27.1 Å². The molecule has 0 unspecified atom stereocenters. The van der Waals surface area contributed by atoms with E-state index < -0.39 is 0 Å². The summed E-state index contributed by atoms with van der Waals surface area (Å²) in [6.07, 6.45) is 2.40. The van der Waals surface area contributed by atoms with Gasteiger partial charge in [0.2, 0.25) is 0 Å². The summed E-state index contributed by atoms with van der Waals surface area (Å²) in [5.41, 5.74) is 20.6. The van der Waals surface area contributed by atoms with Gasteiger partial charge in [-0.05, 0) is 152 Å². The molecule has 0 saturated carbocycles. The molecule has 298 valence electrons. The predicted molar refractivity (Wildman–Crippen MR) is 257 cm³/mol. The van der Waals surface area contributed by atoms with E-state index in [0.29, 0.717) is 0 Å². The summed E-state index contributed by atoms with van der Waals surface area (Å²) in [4.78, 5) is 5.29. The summed E-state index contributed by atoms with van der Waals surface area (Å²) in [7, 11) is 0. The fourth-order valence-electron chi connectivity index (χ4n) is 10.1. The molecule has 58 heavy (non-hydrogen) atoms. The molecule has 6 aromatic rings. The van der Waals surface area contributed by atoms with Crippen LogP contribution >= 0.6 is 11.3 Å². The van der Waals surface area contributed by atoms with Crippen molar-refractivity contribution in [3.8, 4) is 0 Å². The zero-order valence-electron chi connectivity index (χ0n) is 37.9. The number of nitrogens with zero attached hydrogens (tertiary/aromatic N) is 2. The summed E-state index contributed by atoms with van der Waals surface area (Å²) < 4.78 is 2.81. The van der Waals surface area contributed by atoms with E-state index in [2.05, 4.69) is 199 Å². The van der Waals surface area contributed by atoms with E-state index in [1.165, 1.54) is 112 Å². The van der Waals surface area contributed by atoms with Gasteiger partial charge < -0.3 is 9.80 Å². The van der Waals surface area contributed by atoms with E-state index in [0.717, 1.165) is 0 Å². The summed E-state index contributed by atoms with van der Waals surface area (Å²) in [5.74, 6) is 0. The molecule has 3 heterocycles. The van der Waals surface area contributed by atoms with Crippen LogP contribution in [0.1, 0.15) is 142 Å². The van der Waals surface area contributed by atoms with Gasteiger partial charge in [0.05, 0.1) is 5.69 Å². The van der Waals surface area contributed by atoms with Gasteiger partial charge in [-0.1, -0.05) is 126 Å². The molecule has 0 N–H and O–H groups in total. The van der Waals surface area contributed by atoms with Gasteiger partial charge >= 0.3 is 0 Å². The Morgan fingerprint density at radius 1 is 0.534 bits per heavy atom. The molecule has 9 rings (SSSR count). The average Bonchev–Trinajstić information content (AvgIpc) is 3.50. The van der Waals surface area contributed by atoms with Gasteiger partial charge in [0.25, 0.3) is 6.71 Å². The minimum atomic E-state index is 0.00783. The van der Waals surface area contributed by atoms with Crippen molar-refractivity contribution in [2.24, 2.45) is 0 Å². The first-order valence-electron chi connectivity index (χ1n) is 21.7. The molecule has 1 aromatic heterocycles. The second-order valence-electron chi connectivity index (χ2n) is 22.4. The summed E-state index contributed by atoms with van der Waals surface area (Å²) in [6, 6.07) is 34.4. The highest BCUT2D eigenvalue weighted by molar-refractivity contribution is 7.33. The van der Waals surface area contributed by atoms with Crippen LogP contribution in [0.25, 0.3) is 10.1 Å². The molecule has 2 aliphatic heterocycles. The maximum Gasteiger partial charge on any atom is 0.264 e. The molecule has 0 saturated heterocycles. The lowest BCUT2D eigenvalue weighted by molar-refractivity contribution is 0.332. The van der Waals surface area contributed by atoms with Crippen LogP contribution in [0.2, 0.25) is 0 Å². The van der Waals surface area contributed by atoms with E-state index in [9.17, 15) is 0 Å². The number of rotatable bonds is 2. The first-order valence-corrected chi connectivity index (χ1v) is 22.5. The lowest BCUT2D eigenvalue weighted by atomic mass is 9.36. The van der Waals surface area contributed by atoms with Crippen molar-refractivity contribution in [3.05, 3.63) is 124 Å². The lowest BCUT2D eigenvalue weighted by Gasteiger charge is -2.45. The van der Waals surface area contributed by atoms with Crippen LogP contribution in [0.3, 0.4) is 0 Å². The molecule has 4 heteroatoms. The Hall–Kier alpha value is -4.28. The molecule has 0 atom stereocenters. The van der Waals surface area contributed by atoms with Gasteiger partial charge in [0.15, 0.2) is 0 Å². The number of anilines is 6. The van der Waals surface area contributed by atoms with Crippen molar-refractivity contribution < 1.29 is 0 Å². The summed E-state index contributed by atoms with van der Waals surface area (Å²) in [6.45, 7) is 35.5. The van der Waals surface area contributed by atoms with Gasteiger partial charge in [-0.15, -0.1) is 11.3 Å². The molecule has 3 aliphatic rings. The van der Waals surface area contributed by atoms with Crippen molar-refractivity contribution in [2.75, 3.05) is 9.80 Å². The van der Waals surface area contributed by atoms with Crippen LogP contribution in [0.5, 0.6) is 0 Å². The minimum Gasteiger partial charge on any atom is -0.311 e. The van der Waals surface area contributed by atoms with Crippen molar-refractivity contribution in [1.29, 1.82) is 0 Å². The van der Waals surface area contributed by atoms with E-state index in [1.54, 1.807) is 0 Å². The number of thiophene rings is 1. The van der Waals surface area contributed by atoms with Crippen LogP contribution in [0, 0.1) is 13.8 Å². The molecule has 0 radical (unpaired) electrons. The van der Waals surface area contributed by atoms with Crippen molar-refractivity contribution in [2.45, 2.75) is 144 Å². The first kappa shape index (κ1) is 39.2.